The third-order valence-electron chi connectivity index (χ3n) is 3.50. The summed E-state index contributed by atoms with van der Waals surface area (Å²) in [7, 11) is 0. The van der Waals surface area contributed by atoms with Gasteiger partial charge in [-0.1, -0.05) is 17.8 Å². The van der Waals surface area contributed by atoms with E-state index in [1.165, 1.54) is 17.1 Å². The number of nitrogens with zero attached hydrogens (tertiary/aromatic N) is 5. The fraction of sp³-hybridized carbons (Fsp3) is 0.188. The van der Waals surface area contributed by atoms with Gasteiger partial charge in [-0.05, 0) is 47.2 Å². The molecule has 0 aliphatic carbocycles. The standard InChI is InChI=1S/C16H13F3N6OS/c1-10-2-4-12(6-13(10)25-9-21-23-24-25)22-14(26)8-27-15-5-3-11(7-20-15)16(17,18)19/h2-7,9H,8H2,1H3,(H,22,26). The molecule has 1 amide bonds. The smallest absolute Gasteiger partial charge is 0.325 e. The average Bonchev–Trinajstić information content (AvgIpc) is 3.16. The summed E-state index contributed by atoms with van der Waals surface area (Å²) in [4.78, 5) is 15.8. The molecule has 2 heterocycles. The second-order valence-corrected chi connectivity index (χ2v) is 6.47. The van der Waals surface area contributed by atoms with E-state index in [4.69, 9.17) is 0 Å². The molecule has 140 valence electrons. The molecule has 1 N–H and O–H groups in total. The predicted octanol–water partition coefficient (Wildman–Crippen LogP) is 3.12. The first-order valence-electron chi connectivity index (χ1n) is 7.63. The summed E-state index contributed by atoms with van der Waals surface area (Å²) in [5, 5.41) is 14.0. The van der Waals surface area contributed by atoms with E-state index in [0.29, 0.717) is 10.7 Å². The first kappa shape index (κ1) is 18.8. The van der Waals surface area contributed by atoms with Gasteiger partial charge in [0.05, 0.1) is 22.0 Å². The Kier molecular flexibility index (Phi) is 5.40. The van der Waals surface area contributed by atoms with Crippen molar-refractivity contribution in [1.82, 2.24) is 25.2 Å². The van der Waals surface area contributed by atoms with Crippen LogP contribution in [0.4, 0.5) is 18.9 Å². The van der Waals surface area contributed by atoms with Gasteiger partial charge in [0.2, 0.25) is 5.91 Å². The Labute approximate surface area is 156 Å². The molecular weight excluding hydrogens is 381 g/mol. The van der Waals surface area contributed by atoms with Gasteiger partial charge in [0.1, 0.15) is 6.33 Å². The van der Waals surface area contributed by atoms with Crippen molar-refractivity contribution in [2.24, 2.45) is 0 Å². The fourth-order valence-electron chi connectivity index (χ4n) is 2.18. The molecule has 3 aromatic rings. The van der Waals surface area contributed by atoms with Gasteiger partial charge in [-0.25, -0.2) is 9.67 Å². The van der Waals surface area contributed by atoms with Crippen LogP contribution in [0.1, 0.15) is 11.1 Å². The minimum atomic E-state index is -4.43. The summed E-state index contributed by atoms with van der Waals surface area (Å²) in [5.41, 5.74) is 1.36. The van der Waals surface area contributed by atoms with Crippen molar-refractivity contribution in [2.45, 2.75) is 18.1 Å². The predicted molar refractivity (Wildman–Crippen MR) is 92.5 cm³/mol. The second kappa shape index (κ2) is 7.74. The Bertz CT molecular complexity index is 928. The zero-order valence-electron chi connectivity index (χ0n) is 13.9. The minimum Gasteiger partial charge on any atom is -0.325 e. The number of hydrogen-bond donors (Lipinski definition) is 1. The van der Waals surface area contributed by atoms with Crippen LogP contribution in [0.5, 0.6) is 0 Å². The van der Waals surface area contributed by atoms with Gasteiger partial charge in [0.25, 0.3) is 0 Å². The summed E-state index contributed by atoms with van der Waals surface area (Å²) in [6.45, 7) is 1.88. The molecule has 0 fully saturated rings. The summed E-state index contributed by atoms with van der Waals surface area (Å²) in [5.74, 6) is -0.305. The van der Waals surface area contributed by atoms with Crippen LogP contribution >= 0.6 is 11.8 Å². The lowest BCUT2D eigenvalue weighted by molar-refractivity contribution is -0.137. The number of aryl methyl sites for hydroxylation is 1. The number of halogens is 3. The molecule has 1 aromatic carbocycles. The molecule has 0 unspecified atom stereocenters. The van der Waals surface area contributed by atoms with Crippen LogP contribution in [0, 0.1) is 6.92 Å². The van der Waals surface area contributed by atoms with Crippen molar-refractivity contribution in [3.8, 4) is 5.69 Å². The van der Waals surface area contributed by atoms with E-state index < -0.39 is 11.7 Å². The molecule has 0 atom stereocenters. The first-order chi connectivity index (χ1) is 12.8. The van der Waals surface area contributed by atoms with Gasteiger partial charge in [-0.3, -0.25) is 4.79 Å². The molecule has 3 rings (SSSR count). The SMILES string of the molecule is Cc1ccc(NC(=O)CSc2ccc(C(F)(F)F)cn2)cc1-n1cnnn1. The number of carbonyl (C=O) groups is 1. The molecule has 0 bridgehead atoms. The number of thioether (sulfide) groups is 1. The van der Waals surface area contributed by atoms with E-state index in [1.807, 2.05) is 13.0 Å². The molecular formula is C16H13F3N6OS. The van der Waals surface area contributed by atoms with Gasteiger partial charge in [0, 0.05) is 11.9 Å². The molecule has 2 aromatic heterocycles. The van der Waals surface area contributed by atoms with E-state index in [-0.39, 0.29) is 11.7 Å². The van der Waals surface area contributed by atoms with Gasteiger partial charge in [0.15, 0.2) is 0 Å². The van der Waals surface area contributed by atoms with Crippen molar-refractivity contribution in [1.29, 1.82) is 0 Å². The van der Waals surface area contributed by atoms with Gasteiger partial charge >= 0.3 is 6.18 Å². The highest BCUT2D eigenvalue weighted by Crippen LogP contribution is 2.29. The fourth-order valence-corrected chi connectivity index (χ4v) is 2.82. The number of tetrazole rings is 1. The maximum atomic E-state index is 12.5. The van der Waals surface area contributed by atoms with E-state index in [1.54, 1.807) is 12.1 Å². The Hall–Kier alpha value is -2.95. The lowest BCUT2D eigenvalue weighted by Crippen LogP contribution is -2.14. The molecule has 0 aliphatic heterocycles. The minimum absolute atomic E-state index is 0.00640. The zero-order valence-corrected chi connectivity index (χ0v) is 14.8. The molecule has 0 spiro atoms. The van der Waals surface area contributed by atoms with Crippen LogP contribution in [0.15, 0.2) is 47.9 Å². The van der Waals surface area contributed by atoms with Crippen molar-refractivity contribution in [3.05, 3.63) is 54.0 Å². The van der Waals surface area contributed by atoms with E-state index >= 15 is 0 Å². The molecule has 0 saturated heterocycles. The molecule has 0 aliphatic rings. The number of pyridine rings is 1. The number of benzene rings is 1. The largest absolute Gasteiger partial charge is 0.417 e. The number of anilines is 1. The monoisotopic (exact) mass is 394 g/mol. The molecule has 27 heavy (non-hydrogen) atoms. The maximum absolute atomic E-state index is 12.5. The van der Waals surface area contributed by atoms with Crippen molar-refractivity contribution in [2.75, 3.05) is 11.1 Å². The van der Waals surface area contributed by atoms with Gasteiger partial charge < -0.3 is 5.32 Å². The van der Waals surface area contributed by atoms with E-state index in [2.05, 4.69) is 25.8 Å². The van der Waals surface area contributed by atoms with Crippen LogP contribution in [-0.2, 0) is 11.0 Å². The third-order valence-corrected chi connectivity index (χ3v) is 4.45. The number of rotatable bonds is 5. The lowest BCUT2D eigenvalue weighted by atomic mass is 10.2. The number of carbonyl (C=O) groups excluding carboxylic acids is 1. The third kappa shape index (κ3) is 4.82. The highest BCUT2D eigenvalue weighted by atomic mass is 32.2. The quantitative estimate of drug-likeness (QED) is 0.670. The number of alkyl halides is 3. The van der Waals surface area contributed by atoms with Gasteiger partial charge in [-0.2, -0.15) is 13.2 Å². The van der Waals surface area contributed by atoms with E-state index in [9.17, 15) is 18.0 Å². The Morgan fingerprint density at radius 1 is 1.26 bits per heavy atom. The van der Waals surface area contributed by atoms with E-state index in [0.717, 1.165) is 35.3 Å². The van der Waals surface area contributed by atoms with Crippen molar-refractivity contribution in [3.63, 3.8) is 0 Å². The Morgan fingerprint density at radius 3 is 2.70 bits per heavy atom. The van der Waals surface area contributed by atoms with Crippen molar-refractivity contribution < 1.29 is 18.0 Å². The normalized spacial score (nSPS) is 11.4. The van der Waals surface area contributed by atoms with Gasteiger partial charge in [-0.15, -0.1) is 5.10 Å². The average molecular weight is 394 g/mol. The van der Waals surface area contributed by atoms with Crippen LogP contribution in [0.25, 0.3) is 5.69 Å². The zero-order chi connectivity index (χ0) is 19.4. The topological polar surface area (TPSA) is 85.6 Å². The Morgan fingerprint density at radius 2 is 2.07 bits per heavy atom. The molecule has 7 nitrogen and oxygen atoms in total. The summed E-state index contributed by atoms with van der Waals surface area (Å²) in [6, 6.07) is 7.46. The maximum Gasteiger partial charge on any atom is 0.417 e. The highest BCUT2D eigenvalue weighted by molar-refractivity contribution is 7.99. The molecule has 0 saturated carbocycles. The number of amides is 1. The highest BCUT2D eigenvalue weighted by Gasteiger charge is 2.30. The first-order valence-corrected chi connectivity index (χ1v) is 8.61. The lowest BCUT2D eigenvalue weighted by Gasteiger charge is -2.10. The summed E-state index contributed by atoms with van der Waals surface area (Å²) in [6.07, 6.45) is -2.24. The summed E-state index contributed by atoms with van der Waals surface area (Å²) >= 11 is 1.04. The van der Waals surface area contributed by atoms with Crippen LogP contribution in [0.3, 0.4) is 0 Å². The second-order valence-electron chi connectivity index (χ2n) is 5.48. The van der Waals surface area contributed by atoms with Crippen LogP contribution in [0.2, 0.25) is 0 Å². The molecule has 11 heteroatoms. The summed E-state index contributed by atoms with van der Waals surface area (Å²) < 4.78 is 39.0. The number of hydrogen-bond acceptors (Lipinski definition) is 6. The Balaban J connectivity index is 1.61. The number of aromatic nitrogens is 5. The van der Waals surface area contributed by atoms with Crippen molar-refractivity contribution >= 4 is 23.4 Å². The number of nitrogens with one attached hydrogen (secondary N) is 1. The van der Waals surface area contributed by atoms with Crippen LogP contribution < -0.4 is 5.32 Å². The molecule has 0 radical (unpaired) electrons. The van der Waals surface area contributed by atoms with Crippen LogP contribution in [-0.4, -0.2) is 36.9 Å².